The first-order valence-corrected chi connectivity index (χ1v) is 7.45. The summed E-state index contributed by atoms with van der Waals surface area (Å²) in [5, 5.41) is 2.90. The average molecular weight is 306 g/mol. The van der Waals surface area contributed by atoms with Crippen molar-refractivity contribution in [3.05, 3.63) is 29.8 Å². The maximum Gasteiger partial charge on any atom is 0.238 e. The van der Waals surface area contributed by atoms with Crippen LogP contribution in [-0.2, 0) is 4.79 Å². The third-order valence-corrected chi connectivity index (χ3v) is 4.01. The number of carbonyl (C=O) groups excluding carboxylic acids is 1. The molecule has 5 nitrogen and oxygen atoms in total. The highest BCUT2D eigenvalue weighted by atomic mass is 32.1. The van der Waals surface area contributed by atoms with Crippen LogP contribution in [-0.4, -0.2) is 60.5 Å². The smallest absolute Gasteiger partial charge is 0.238 e. The Morgan fingerprint density at radius 3 is 2.90 bits per heavy atom. The normalized spacial score (nSPS) is 18.9. The lowest BCUT2D eigenvalue weighted by Crippen LogP contribution is -2.35. The number of likely N-dealkylation sites (tertiary alicyclic amines) is 1. The first-order valence-electron chi connectivity index (χ1n) is 7.04. The fourth-order valence-corrected chi connectivity index (χ4v) is 2.66. The quantitative estimate of drug-likeness (QED) is 0.791. The molecule has 0 aliphatic carbocycles. The standard InChI is InChI=1S/C15H22N4OS/c1-18(2)13-6-7-19(9-13)10-14(20)17-12-5-3-4-11(8-12)15(16)21/h3-5,8,13H,6-7,9-10H2,1-2H3,(H2,16,21)(H,17,20). The second kappa shape index (κ2) is 6.98. The van der Waals surface area contributed by atoms with Gasteiger partial charge in [0.25, 0.3) is 0 Å². The molecule has 1 fully saturated rings. The minimum Gasteiger partial charge on any atom is -0.389 e. The van der Waals surface area contributed by atoms with Gasteiger partial charge in [0.2, 0.25) is 5.91 Å². The number of anilines is 1. The summed E-state index contributed by atoms with van der Waals surface area (Å²) in [5.74, 6) is -0.00510. The summed E-state index contributed by atoms with van der Waals surface area (Å²) in [5.41, 5.74) is 7.09. The van der Waals surface area contributed by atoms with Crippen LogP contribution in [0, 0.1) is 0 Å². The molecule has 114 valence electrons. The number of thiocarbonyl (C=S) groups is 1. The second-order valence-electron chi connectivity index (χ2n) is 5.63. The van der Waals surface area contributed by atoms with E-state index in [1.165, 1.54) is 0 Å². The number of amides is 1. The predicted octanol–water partition coefficient (Wildman–Crippen LogP) is 0.895. The van der Waals surface area contributed by atoms with Crippen LogP contribution < -0.4 is 11.1 Å². The molecule has 1 aliphatic heterocycles. The van der Waals surface area contributed by atoms with Crippen molar-refractivity contribution in [1.29, 1.82) is 0 Å². The van der Waals surface area contributed by atoms with Crippen LogP contribution in [0.2, 0.25) is 0 Å². The molecule has 2 rings (SSSR count). The number of benzene rings is 1. The molecule has 3 N–H and O–H groups in total. The predicted molar refractivity (Wildman–Crippen MR) is 89.5 cm³/mol. The summed E-state index contributed by atoms with van der Waals surface area (Å²) in [6.07, 6.45) is 1.11. The van der Waals surface area contributed by atoms with E-state index in [0.29, 0.717) is 17.6 Å². The molecule has 1 amide bonds. The summed E-state index contributed by atoms with van der Waals surface area (Å²) in [4.78, 5) is 16.8. The van der Waals surface area contributed by atoms with Gasteiger partial charge in [0, 0.05) is 30.4 Å². The molecule has 1 unspecified atom stereocenters. The number of hydrogen-bond donors (Lipinski definition) is 2. The summed E-state index contributed by atoms with van der Waals surface area (Å²) < 4.78 is 0. The molecule has 1 atom stereocenters. The number of nitrogens with one attached hydrogen (secondary N) is 1. The molecule has 1 aromatic rings. The highest BCUT2D eigenvalue weighted by Gasteiger charge is 2.25. The zero-order valence-electron chi connectivity index (χ0n) is 12.5. The first kappa shape index (κ1) is 15.9. The summed E-state index contributed by atoms with van der Waals surface area (Å²) in [6, 6.07) is 7.84. The molecule has 1 aromatic carbocycles. The fourth-order valence-electron chi connectivity index (χ4n) is 2.53. The maximum atomic E-state index is 12.1. The summed E-state index contributed by atoms with van der Waals surface area (Å²) in [6.45, 7) is 2.32. The Balaban J connectivity index is 1.88. The van der Waals surface area contributed by atoms with E-state index < -0.39 is 0 Å². The lowest BCUT2D eigenvalue weighted by Gasteiger charge is -2.20. The van der Waals surface area contributed by atoms with Gasteiger partial charge in [0.05, 0.1) is 6.54 Å². The summed E-state index contributed by atoms with van der Waals surface area (Å²) >= 11 is 4.94. The molecule has 21 heavy (non-hydrogen) atoms. The topological polar surface area (TPSA) is 61.6 Å². The largest absolute Gasteiger partial charge is 0.389 e. The van der Waals surface area contributed by atoms with Crippen molar-refractivity contribution in [3.63, 3.8) is 0 Å². The first-order chi connectivity index (χ1) is 9.95. The van der Waals surface area contributed by atoms with Crippen molar-refractivity contribution >= 4 is 28.8 Å². The minimum atomic E-state index is -0.00510. The van der Waals surface area contributed by atoms with E-state index in [9.17, 15) is 4.79 Å². The van der Waals surface area contributed by atoms with Gasteiger partial charge in [0.1, 0.15) is 4.99 Å². The number of likely N-dealkylation sites (N-methyl/N-ethyl adjacent to an activating group) is 1. The molecule has 0 bridgehead atoms. The maximum absolute atomic E-state index is 12.1. The number of carbonyl (C=O) groups is 1. The van der Waals surface area contributed by atoms with E-state index in [1.54, 1.807) is 6.07 Å². The molecule has 0 saturated carbocycles. The Bertz CT molecular complexity index is 532. The third kappa shape index (κ3) is 4.49. The lowest BCUT2D eigenvalue weighted by molar-refractivity contribution is -0.117. The Morgan fingerprint density at radius 2 is 2.29 bits per heavy atom. The lowest BCUT2D eigenvalue weighted by atomic mass is 10.2. The third-order valence-electron chi connectivity index (χ3n) is 3.78. The highest BCUT2D eigenvalue weighted by molar-refractivity contribution is 7.80. The van der Waals surface area contributed by atoms with E-state index in [0.717, 1.165) is 30.8 Å². The Labute approximate surface area is 131 Å². The Hall–Kier alpha value is -1.50. The monoisotopic (exact) mass is 306 g/mol. The van der Waals surface area contributed by atoms with Gasteiger partial charge in [0.15, 0.2) is 0 Å². The number of hydrogen-bond acceptors (Lipinski definition) is 4. The molecule has 1 heterocycles. The van der Waals surface area contributed by atoms with Crippen molar-refractivity contribution in [2.75, 3.05) is 39.0 Å². The molecular formula is C15H22N4OS. The molecule has 0 aromatic heterocycles. The zero-order chi connectivity index (χ0) is 15.4. The number of rotatable bonds is 5. The van der Waals surface area contributed by atoms with Crippen LogP contribution in [0.1, 0.15) is 12.0 Å². The van der Waals surface area contributed by atoms with Gasteiger partial charge in [-0.1, -0.05) is 24.4 Å². The summed E-state index contributed by atoms with van der Waals surface area (Å²) in [7, 11) is 4.16. The average Bonchev–Trinajstić information content (AvgIpc) is 2.87. The van der Waals surface area contributed by atoms with Gasteiger partial charge in [-0.2, -0.15) is 0 Å². The van der Waals surface area contributed by atoms with Crippen LogP contribution in [0.25, 0.3) is 0 Å². The van der Waals surface area contributed by atoms with Crippen molar-refractivity contribution in [3.8, 4) is 0 Å². The van der Waals surface area contributed by atoms with Crippen molar-refractivity contribution in [2.24, 2.45) is 5.73 Å². The second-order valence-corrected chi connectivity index (χ2v) is 6.07. The van der Waals surface area contributed by atoms with Crippen molar-refractivity contribution in [2.45, 2.75) is 12.5 Å². The van der Waals surface area contributed by atoms with Crippen molar-refractivity contribution < 1.29 is 4.79 Å². The SMILES string of the molecule is CN(C)C1CCN(CC(=O)Nc2cccc(C(N)=S)c2)C1. The van der Waals surface area contributed by atoms with Gasteiger partial charge < -0.3 is 16.0 Å². The van der Waals surface area contributed by atoms with E-state index in [2.05, 4.69) is 29.2 Å². The van der Waals surface area contributed by atoms with E-state index in [-0.39, 0.29) is 5.91 Å². The Morgan fingerprint density at radius 1 is 1.52 bits per heavy atom. The van der Waals surface area contributed by atoms with Crippen LogP contribution in [0.15, 0.2) is 24.3 Å². The number of nitrogens with two attached hydrogens (primary N) is 1. The molecule has 1 saturated heterocycles. The van der Waals surface area contributed by atoms with Crippen molar-refractivity contribution in [1.82, 2.24) is 9.80 Å². The van der Waals surface area contributed by atoms with Gasteiger partial charge in [-0.3, -0.25) is 9.69 Å². The van der Waals surface area contributed by atoms with Gasteiger partial charge >= 0.3 is 0 Å². The van der Waals surface area contributed by atoms with E-state index in [1.807, 2.05) is 18.2 Å². The molecule has 1 aliphatic rings. The van der Waals surface area contributed by atoms with Gasteiger partial charge in [-0.25, -0.2) is 0 Å². The van der Waals surface area contributed by atoms with Crippen LogP contribution in [0.3, 0.4) is 0 Å². The Kier molecular flexibility index (Phi) is 5.27. The zero-order valence-corrected chi connectivity index (χ0v) is 13.3. The number of nitrogens with zero attached hydrogens (tertiary/aromatic N) is 2. The van der Waals surface area contributed by atoms with E-state index in [4.69, 9.17) is 18.0 Å². The molecule has 6 heteroatoms. The molecular weight excluding hydrogens is 284 g/mol. The van der Waals surface area contributed by atoms with Crippen LogP contribution in [0.4, 0.5) is 5.69 Å². The van der Waals surface area contributed by atoms with Gasteiger partial charge in [-0.05, 0) is 32.6 Å². The fraction of sp³-hybridized carbons (Fsp3) is 0.467. The minimum absolute atomic E-state index is 0.00510. The van der Waals surface area contributed by atoms with E-state index >= 15 is 0 Å². The molecule has 0 spiro atoms. The van der Waals surface area contributed by atoms with Crippen LogP contribution in [0.5, 0.6) is 0 Å². The molecule has 0 radical (unpaired) electrons. The van der Waals surface area contributed by atoms with Gasteiger partial charge in [-0.15, -0.1) is 0 Å². The van der Waals surface area contributed by atoms with Crippen LogP contribution >= 0.6 is 12.2 Å². The highest BCUT2D eigenvalue weighted by Crippen LogP contribution is 2.14.